The smallest absolute Gasteiger partial charge is 0.226 e. The van der Waals surface area contributed by atoms with Gasteiger partial charge in [0.2, 0.25) is 5.91 Å². The van der Waals surface area contributed by atoms with Crippen LogP contribution in [0.3, 0.4) is 0 Å². The van der Waals surface area contributed by atoms with Crippen LogP contribution in [0.15, 0.2) is 53.0 Å². The maximum atomic E-state index is 11.3. The van der Waals surface area contributed by atoms with Crippen LogP contribution in [-0.4, -0.2) is 22.1 Å². The molecule has 1 amide bonds. The topological polar surface area (TPSA) is 89.3 Å². The molecule has 5 heteroatoms. The number of carbonyl (C=O) groups excluding carboxylic acids is 1. The van der Waals surface area contributed by atoms with Crippen LogP contribution in [0.1, 0.15) is 26.5 Å². The first-order chi connectivity index (χ1) is 9.85. The summed E-state index contributed by atoms with van der Waals surface area (Å²) in [5.74, 6) is 0.267. The lowest BCUT2D eigenvalue weighted by molar-refractivity contribution is -0.130. The predicted molar refractivity (Wildman–Crippen MR) is 81.2 cm³/mol. The van der Waals surface area contributed by atoms with E-state index in [0.29, 0.717) is 12.0 Å². The van der Waals surface area contributed by atoms with Gasteiger partial charge in [-0.1, -0.05) is 30.4 Å². The van der Waals surface area contributed by atoms with Crippen LogP contribution in [0.2, 0.25) is 0 Å². The molecule has 0 radical (unpaired) electrons. The number of carbonyl (C=O) groups is 1. The maximum absolute atomic E-state index is 11.3. The van der Waals surface area contributed by atoms with Gasteiger partial charge >= 0.3 is 0 Å². The van der Waals surface area contributed by atoms with Gasteiger partial charge in [-0.3, -0.25) is 4.79 Å². The molecule has 0 aromatic carbocycles. The van der Waals surface area contributed by atoms with Gasteiger partial charge < -0.3 is 15.3 Å². The van der Waals surface area contributed by atoms with E-state index >= 15 is 0 Å². The first-order valence-electron chi connectivity index (χ1n) is 6.71. The molecule has 0 saturated carbocycles. The summed E-state index contributed by atoms with van der Waals surface area (Å²) in [6.45, 7) is 5.01. The van der Waals surface area contributed by atoms with Crippen molar-refractivity contribution in [1.82, 2.24) is 4.98 Å². The monoisotopic (exact) mass is 290 g/mol. The van der Waals surface area contributed by atoms with Crippen molar-refractivity contribution in [3.05, 3.63) is 54.3 Å². The van der Waals surface area contributed by atoms with Gasteiger partial charge in [0.15, 0.2) is 6.39 Å². The minimum absolute atomic E-state index is 0.529. The molecule has 1 atom stereocenters. The van der Waals surface area contributed by atoms with Crippen molar-refractivity contribution in [1.29, 1.82) is 0 Å². The molecule has 0 spiro atoms. The zero-order valence-electron chi connectivity index (χ0n) is 12.6. The summed E-state index contributed by atoms with van der Waals surface area (Å²) < 4.78 is 5.09. The van der Waals surface area contributed by atoms with Crippen molar-refractivity contribution < 1.29 is 14.3 Å². The van der Waals surface area contributed by atoms with Crippen LogP contribution in [0.25, 0.3) is 0 Å². The Morgan fingerprint density at radius 2 is 2.19 bits per heavy atom. The molecule has 0 fully saturated rings. The zero-order chi connectivity index (χ0) is 15.9. The van der Waals surface area contributed by atoms with Crippen LogP contribution in [0, 0.1) is 5.41 Å². The van der Waals surface area contributed by atoms with E-state index in [-0.39, 0.29) is 0 Å². The summed E-state index contributed by atoms with van der Waals surface area (Å²) in [4.78, 5) is 15.1. The Morgan fingerprint density at radius 1 is 1.48 bits per heavy atom. The van der Waals surface area contributed by atoms with Gasteiger partial charge in [-0.25, -0.2) is 4.98 Å². The molecule has 1 rings (SSSR count). The van der Waals surface area contributed by atoms with Crippen LogP contribution in [0.5, 0.6) is 0 Å². The van der Waals surface area contributed by atoms with Crippen molar-refractivity contribution in [3.8, 4) is 0 Å². The molecular formula is C16H22N2O3. The number of aliphatic hydroxyl groups is 1. The van der Waals surface area contributed by atoms with E-state index in [1.165, 1.54) is 6.39 Å². The Morgan fingerprint density at radius 3 is 2.76 bits per heavy atom. The molecule has 114 valence electrons. The quantitative estimate of drug-likeness (QED) is 0.753. The Labute approximate surface area is 124 Å². The van der Waals surface area contributed by atoms with E-state index in [9.17, 15) is 9.90 Å². The molecule has 0 bridgehead atoms. The van der Waals surface area contributed by atoms with E-state index in [0.717, 1.165) is 5.76 Å². The Balaban J connectivity index is 2.53. The number of rotatable bonds is 7. The fourth-order valence-electron chi connectivity index (χ4n) is 1.67. The van der Waals surface area contributed by atoms with Crippen LogP contribution in [0.4, 0.5) is 0 Å². The lowest BCUT2D eigenvalue weighted by Crippen LogP contribution is -2.42. The highest BCUT2D eigenvalue weighted by molar-refractivity contribution is 5.81. The van der Waals surface area contributed by atoms with Crippen LogP contribution < -0.4 is 5.73 Å². The number of oxazole rings is 1. The second-order valence-corrected chi connectivity index (χ2v) is 5.38. The van der Waals surface area contributed by atoms with Crippen LogP contribution in [-0.2, 0) is 11.2 Å². The zero-order valence-corrected chi connectivity index (χ0v) is 12.6. The van der Waals surface area contributed by atoms with E-state index < -0.39 is 17.4 Å². The van der Waals surface area contributed by atoms with Gasteiger partial charge in [0.25, 0.3) is 0 Å². The number of primary amides is 1. The second kappa shape index (κ2) is 7.59. The molecule has 0 aliphatic carbocycles. The summed E-state index contributed by atoms with van der Waals surface area (Å²) in [6.07, 6.45) is 12.0. The first-order valence-corrected chi connectivity index (χ1v) is 6.71. The average molecular weight is 290 g/mol. The molecule has 0 saturated heterocycles. The maximum Gasteiger partial charge on any atom is 0.226 e. The number of hydrogen-bond donors (Lipinski definition) is 2. The summed E-state index contributed by atoms with van der Waals surface area (Å²) in [5.41, 5.74) is 4.97. The SMILES string of the molecule is CC(=CC=CC=CCc1cnco1)C(O)C(C)(C)C(N)=O. The third kappa shape index (κ3) is 5.04. The Bertz CT molecular complexity index is 540. The number of allylic oxidation sites excluding steroid dienone is 5. The average Bonchev–Trinajstić information content (AvgIpc) is 2.94. The number of nitrogens with two attached hydrogens (primary N) is 1. The third-order valence-corrected chi connectivity index (χ3v) is 3.27. The van der Waals surface area contributed by atoms with Gasteiger partial charge in [-0.2, -0.15) is 0 Å². The fourth-order valence-corrected chi connectivity index (χ4v) is 1.67. The largest absolute Gasteiger partial charge is 0.448 e. The third-order valence-electron chi connectivity index (χ3n) is 3.27. The Kier molecular flexibility index (Phi) is 6.11. The molecule has 5 nitrogen and oxygen atoms in total. The second-order valence-electron chi connectivity index (χ2n) is 5.38. The van der Waals surface area contributed by atoms with E-state index in [1.54, 1.807) is 39.1 Å². The van der Waals surface area contributed by atoms with Crippen LogP contribution >= 0.6 is 0 Å². The number of aliphatic hydroxyl groups excluding tert-OH is 1. The highest BCUT2D eigenvalue weighted by Gasteiger charge is 2.34. The van der Waals surface area contributed by atoms with Crippen molar-refractivity contribution in [2.75, 3.05) is 0 Å². The standard InChI is InChI=1S/C16H22N2O3/c1-12(14(19)16(2,3)15(17)20)8-6-4-5-7-9-13-10-18-11-21-13/h4-8,10-11,14,19H,9H2,1-3H3,(H2,17,20). The molecule has 0 aliphatic heterocycles. The van der Waals surface area contributed by atoms with Gasteiger partial charge in [0.05, 0.1) is 17.7 Å². The molecule has 1 aromatic heterocycles. The summed E-state index contributed by atoms with van der Waals surface area (Å²) in [7, 11) is 0. The molecule has 3 N–H and O–H groups in total. The highest BCUT2D eigenvalue weighted by Crippen LogP contribution is 2.25. The molecule has 1 heterocycles. The number of nitrogens with zero attached hydrogens (tertiary/aromatic N) is 1. The van der Waals surface area contributed by atoms with Gasteiger partial charge in [0.1, 0.15) is 5.76 Å². The Hall–Kier alpha value is -2.14. The van der Waals surface area contributed by atoms with E-state index in [1.807, 2.05) is 18.2 Å². The van der Waals surface area contributed by atoms with Crippen molar-refractivity contribution in [2.45, 2.75) is 33.3 Å². The molecular weight excluding hydrogens is 268 g/mol. The molecule has 0 aliphatic rings. The summed E-state index contributed by atoms with van der Waals surface area (Å²) in [5, 5.41) is 10.1. The highest BCUT2D eigenvalue weighted by atomic mass is 16.3. The minimum Gasteiger partial charge on any atom is -0.448 e. The van der Waals surface area contributed by atoms with Gasteiger partial charge in [0, 0.05) is 6.42 Å². The van der Waals surface area contributed by atoms with Crippen molar-refractivity contribution >= 4 is 5.91 Å². The normalized spacial score (nSPS) is 15.0. The fraction of sp³-hybridized carbons (Fsp3) is 0.375. The summed E-state index contributed by atoms with van der Waals surface area (Å²) >= 11 is 0. The van der Waals surface area contributed by atoms with Crippen molar-refractivity contribution in [3.63, 3.8) is 0 Å². The molecule has 1 unspecified atom stereocenters. The first kappa shape index (κ1) is 16.9. The number of hydrogen-bond acceptors (Lipinski definition) is 4. The number of aromatic nitrogens is 1. The predicted octanol–water partition coefficient (Wildman–Crippen LogP) is 2.15. The van der Waals surface area contributed by atoms with E-state index in [2.05, 4.69) is 4.98 Å². The van der Waals surface area contributed by atoms with Gasteiger partial charge in [-0.15, -0.1) is 0 Å². The van der Waals surface area contributed by atoms with Crippen molar-refractivity contribution in [2.24, 2.45) is 11.1 Å². The summed E-state index contributed by atoms with van der Waals surface area (Å²) in [6, 6.07) is 0. The lowest BCUT2D eigenvalue weighted by atomic mass is 9.82. The minimum atomic E-state index is -0.990. The number of amides is 1. The molecule has 1 aromatic rings. The lowest BCUT2D eigenvalue weighted by Gasteiger charge is -2.27. The van der Waals surface area contributed by atoms with Gasteiger partial charge in [-0.05, 0) is 26.3 Å². The van der Waals surface area contributed by atoms with E-state index in [4.69, 9.17) is 10.2 Å². The molecule has 21 heavy (non-hydrogen) atoms.